The van der Waals surface area contributed by atoms with Crippen LogP contribution in [0.5, 0.6) is 0 Å². The normalized spacial score (nSPS) is 13.4. The van der Waals surface area contributed by atoms with Crippen LogP contribution in [0.25, 0.3) is 0 Å². The zero-order valence-electron chi connectivity index (χ0n) is 13.2. The first-order chi connectivity index (χ1) is 10.7. The Labute approximate surface area is 137 Å². The van der Waals surface area contributed by atoms with E-state index >= 15 is 0 Å². The van der Waals surface area contributed by atoms with Crippen molar-refractivity contribution in [3.05, 3.63) is 71.8 Å². The first-order valence-corrected chi connectivity index (χ1v) is 8.76. The molecule has 0 fully saturated rings. The number of benzene rings is 2. The van der Waals surface area contributed by atoms with Crippen molar-refractivity contribution in [1.82, 2.24) is 5.32 Å². The van der Waals surface area contributed by atoms with E-state index in [9.17, 15) is 4.79 Å². The summed E-state index contributed by atoms with van der Waals surface area (Å²) in [7, 11) is 0. The zero-order valence-corrected chi connectivity index (χ0v) is 14.0. The van der Waals surface area contributed by atoms with E-state index in [-0.39, 0.29) is 17.2 Å². The van der Waals surface area contributed by atoms with Crippen LogP contribution in [0, 0.1) is 0 Å². The SMILES string of the molecule is CC[C@@H](NC(=O)[C@H](C)SCc1ccccc1)c1ccccc1. The van der Waals surface area contributed by atoms with Gasteiger partial charge in [-0.25, -0.2) is 0 Å². The molecule has 2 aromatic rings. The van der Waals surface area contributed by atoms with Crippen LogP contribution in [0.15, 0.2) is 60.7 Å². The monoisotopic (exact) mass is 313 g/mol. The van der Waals surface area contributed by atoms with Gasteiger partial charge in [0.2, 0.25) is 5.91 Å². The van der Waals surface area contributed by atoms with Gasteiger partial charge in [0.25, 0.3) is 0 Å². The van der Waals surface area contributed by atoms with Crippen LogP contribution >= 0.6 is 11.8 Å². The standard InChI is InChI=1S/C19H23NOS/c1-3-18(17-12-8-5-9-13-17)20-19(21)15(2)22-14-16-10-6-4-7-11-16/h4-13,15,18H,3,14H2,1-2H3,(H,20,21)/t15-,18+/m0/s1. The summed E-state index contributed by atoms with van der Waals surface area (Å²) in [5, 5.41) is 3.10. The fraction of sp³-hybridized carbons (Fsp3) is 0.316. The Hall–Kier alpha value is -1.74. The molecule has 1 N–H and O–H groups in total. The Morgan fingerprint density at radius 3 is 2.23 bits per heavy atom. The van der Waals surface area contributed by atoms with Crippen molar-refractivity contribution in [2.45, 2.75) is 37.3 Å². The summed E-state index contributed by atoms with van der Waals surface area (Å²) in [5.74, 6) is 0.967. The molecule has 3 heteroatoms. The highest BCUT2D eigenvalue weighted by Crippen LogP contribution is 2.20. The molecule has 116 valence electrons. The molecule has 0 aliphatic heterocycles. The van der Waals surface area contributed by atoms with Crippen molar-refractivity contribution in [3.63, 3.8) is 0 Å². The Bertz CT molecular complexity index is 571. The lowest BCUT2D eigenvalue weighted by molar-refractivity contribution is -0.121. The average molecular weight is 313 g/mol. The maximum atomic E-state index is 12.4. The Balaban J connectivity index is 1.87. The Morgan fingerprint density at radius 1 is 1.05 bits per heavy atom. The number of rotatable bonds is 7. The average Bonchev–Trinajstić information content (AvgIpc) is 2.59. The molecular weight excluding hydrogens is 290 g/mol. The quantitative estimate of drug-likeness (QED) is 0.811. The minimum Gasteiger partial charge on any atom is -0.348 e. The predicted octanol–water partition coefficient (Wildman–Crippen LogP) is 4.58. The molecule has 0 spiro atoms. The number of nitrogens with one attached hydrogen (secondary N) is 1. The van der Waals surface area contributed by atoms with Crippen molar-refractivity contribution in [1.29, 1.82) is 0 Å². The molecular formula is C19H23NOS. The van der Waals surface area contributed by atoms with Crippen molar-refractivity contribution in [2.24, 2.45) is 0 Å². The van der Waals surface area contributed by atoms with E-state index in [4.69, 9.17) is 0 Å². The van der Waals surface area contributed by atoms with Crippen LogP contribution in [-0.2, 0) is 10.5 Å². The summed E-state index contributed by atoms with van der Waals surface area (Å²) in [6.45, 7) is 4.07. The molecule has 0 aromatic heterocycles. The molecule has 22 heavy (non-hydrogen) atoms. The van der Waals surface area contributed by atoms with Crippen LogP contribution in [0.4, 0.5) is 0 Å². The molecule has 0 aliphatic rings. The highest BCUT2D eigenvalue weighted by Gasteiger charge is 2.18. The number of hydrogen-bond acceptors (Lipinski definition) is 2. The number of thioether (sulfide) groups is 1. The van der Waals surface area contributed by atoms with Gasteiger partial charge in [0, 0.05) is 5.75 Å². The lowest BCUT2D eigenvalue weighted by Crippen LogP contribution is -2.34. The first kappa shape index (κ1) is 16.6. The molecule has 0 saturated heterocycles. The molecule has 2 rings (SSSR count). The lowest BCUT2D eigenvalue weighted by atomic mass is 10.0. The molecule has 0 saturated carbocycles. The summed E-state index contributed by atoms with van der Waals surface area (Å²) in [5.41, 5.74) is 2.42. The molecule has 2 atom stereocenters. The van der Waals surface area contributed by atoms with E-state index in [2.05, 4.69) is 36.5 Å². The zero-order chi connectivity index (χ0) is 15.8. The summed E-state index contributed by atoms with van der Waals surface area (Å²) in [4.78, 5) is 12.4. The maximum absolute atomic E-state index is 12.4. The Morgan fingerprint density at radius 2 is 1.64 bits per heavy atom. The molecule has 2 aromatic carbocycles. The second-order valence-electron chi connectivity index (χ2n) is 5.32. The predicted molar refractivity (Wildman–Crippen MR) is 94.8 cm³/mol. The summed E-state index contributed by atoms with van der Waals surface area (Å²) in [6.07, 6.45) is 0.895. The Kier molecular flexibility index (Phi) is 6.53. The van der Waals surface area contributed by atoms with E-state index in [1.165, 1.54) is 11.1 Å². The largest absolute Gasteiger partial charge is 0.348 e. The molecule has 0 radical (unpaired) electrons. The van der Waals surface area contributed by atoms with Crippen LogP contribution < -0.4 is 5.32 Å². The van der Waals surface area contributed by atoms with Gasteiger partial charge < -0.3 is 5.32 Å². The third kappa shape index (κ3) is 4.92. The van der Waals surface area contributed by atoms with Gasteiger partial charge in [-0.05, 0) is 24.5 Å². The van der Waals surface area contributed by atoms with E-state index < -0.39 is 0 Å². The van der Waals surface area contributed by atoms with E-state index in [1.54, 1.807) is 11.8 Å². The van der Waals surface area contributed by atoms with E-state index in [0.717, 1.165) is 12.2 Å². The molecule has 2 nitrogen and oxygen atoms in total. The van der Waals surface area contributed by atoms with Gasteiger partial charge in [-0.3, -0.25) is 4.79 Å². The fourth-order valence-electron chi connectivity index (χ4n) is 2.27. The maximum Gasteiger partial charge on any atom is 0.233 e. The number of carbonyl (C=O) groups excluding carboxylic acids is 1. The molecule has 0 unspecified atom stereocenters. The van der Waals surface area contributed by atoms with Crippen LogP contribution in [-0.4, -0.2) is 11.2 Å². The summed E-state index contributed by atoms with van der Waals surface area (Å²) < 4.78 is 0. The molecule has 0 aliphatic carbocycles. The molecule has 0 heterocycles. The van der Waals surface area contributed by atoms with Gasteiger partial charge >= 0.3 is 0 Å². The van der Waals surface area contributed by atoms with Crippen molar-refractivity contribution in [2.75, 3.05) is 0 Å². The molecule has 0 bridgehead atoms. The van der Waals surface area contributed by atoms with Gasteiger partial charge in [0.05, 0.1) is 11.3 Å². The van der Waals surface area contributed by atoms with E-state index in [0.29, 0.717) is 0 Å². The molecule has 1 amide bonds. The second kappa shape index (κ2) is 8.64. The summed E-state index contributed by atoms with van der Waals surface area (Å²) in [6, 6.07) is 20.5. The van der Waals surface area contributed by atoms with Gasteiger partial charge in [-0.2, -0.15) is 0 Å². The van der Waals surface area contributed by atoms with Crippen LogP contribution in [0.2, 0.25) is 0 Å². The van der Waals surface area contributed by atoms with Crippen LogP contribution in [0.1, 0.15) is 37.4 Å². The first-order valence-electron chi connectivity index (χ1n) is 7.71. The summed E-state index contributed by atoms with van der Waals surface area (Å²) >= 11 is 1.67. The minimum absolute atomic E-state index is 0.0574. The lowest BCUT2D eigenvalue weighted by Gasteiger charge is -2.20. The second-order valence-corrected chi connectivity index (χ2v) is 6.65. The third-order valence-corrected chi connectivity index (χ3v) is 4.85. The van der Waals surface area contributed by atoms with Gasteiger partial charge in [0.15, 0.2) is 0 Å². The van der Waals surface area contributed by atoms with Gasteiger partial charge in [0.1, 0.15) is 0 Å². The van der Waals surface area contributed by atoms with E-state index in [1.807, 2.05) is 43.3 Å². The van der Waals surface area contributed by atoms with Crippen molar-refractivity contribution in [3.8, 4) is 0 Å². The van der Waals surface area contributed by atoms with Crippen molar-refractivity contribution >= 4 is 17.7 Å². The van der Waals surface area contributed by atoms with Gasteiger partial charge in [-0.15, -0.1) is 11.8 Å². The number of hydrogen-bond donors (Lipinski definition) is 1. The highest BCUT2D eigenvalue weighted by atomic mass is 32.2. The minimum atomic E-state index is -0.0574. The number of amides is 1. The highest BCUT2D eigenvalue weighted by molar-refractivity contribution is 7.99. The van der Waals surface area contributed by atoms with Crippen molar-refractivity contribution < 1.29 is 4.79 Å². The third-order valence-electron chi connectivity index (χ3n) is 3.64. The smallest absolute Gasteiger partial charge is 0.233 e. The fourth-order valence-corrected chi connectivity index (χ4v) is 3.12. The number of carbonyl (C=O) groups is 1. The topological polar surface area (TPSA) is 29.1 Å². The van der Waals surface area contributed by atoms with Gasteiger partial charge in [-0.1, -0.05) is 67.6 Å². The van der Waals surface area contributed by atoms with Crippen LogP contribution in [0.3, 0.4) is 0 Å².